The van der Waals surface area contributed by atoms with Crippen molar-refractivity contribution in [3.63, 3.8) is 0 Å². The fraction of sp³-hybridized carbons (Fsp3) is 0.250. The van der Waals surface area contributed by atoms with Crippen LogP contribution >= 0.6 is 0 Å². The molecule has 0 aliphatic carbocycles. The van der Waals surface area contributed by atoms with Gasteiger partial charge in [-0.1, -0.05) is 0 Å². The number of hydrogen-bond donors (Lipinski definition) is 2. The zero-order chi connectivity index (χ0) is 13.2. The molecule has 0 unspecified atom stereocenters. The van der Waals surface area contributed by atoms with Gasteiger partial charge in [0.25, 0.3) is 5.91 Å². The molecule has 2 heterocycles. The van der Waals surface area contributed by atoms with Crippen LogP contribution in [0, 0.1) is 0 Å². The van der Waals surface area contributed by atoms with Crippen molar-refractivity contribution in [1.29, 1.82) is 0 Å². The molecule has 1 aromatic rings. The number of benzene rings is 1. The monoisotopic (exact) mass is 261 g/mol. The van der Waals surface area contributed by atoms with E-state index in [4.69, 9.17) is 9.47 Å². The molecular formula is C12H11N3O4. The van der Waals surface area contributed by atoms with E-state index in [1.54, 1.807) is 18.2 Å². The van der Waals surface area contributed by atoms with Crippen molar-refractivity contribution < 1.29 is 19.1 Å². The number of hydrazone groups is 1. The largest absolute Gasteiger partial charge is 0.454 e. The molecule has 0 saturated heterocycles. The molecule has 0 saturated carbocycles. The molecule has 0 atom stereocenters. The zero-order valence-corrected chi connectivity index (χ0v) is 9.93. The van der Waals surface area contributed by atoms with E-state index in [1.807, 2.05) is 0 Å². The number of amides is 2. The summed E-state index contributed by atoms with van der Waals surface area (Å²) in [7, 11) is 0. The van der Waals surface area contributed by atoms with Crippen LogP contribution in [0.4, 0.5) is 5.69 Å². The van der Waals surface area contributed by atoms with Crippen LogP contribution in [0.3, 0.4) is 0 Å². The van der Waals surface area contributed by atoms with Crippen molar-refractivity contribution in [3.8, 4) is 11.5 Å². The molecule has 1 aromatic carbocycles. The average Bonchev–Trinajstić information content (AvgIpc) is 2.87. The third-order valence-electron chi connectivity index (χ3n) is 2.80. The van der Waals surface area contributed by atoms with E-state index >= 15 is 0 Å². The minimum absolute atomic E-state index is 0.181. The second-order valence-corrected chi connectivity index (χ2v) is 4.12. The van der Waals surface area contributed by atoms with Gasteiger partial charge in [0.15, 0.2) is 11.5 Å². The number of fused-ring (bicyclic) bond motifs is 1. The van der Waals surface area contributed by atoms with Gasteiger partial charge in [0.2, 0.25) is 12.7 Å². The number of anilines is 1. The maximum atomic E-state index is 11.9. The minimum atomic E-state index is -0.334. The molecule has 2 N–H and O–H groups in total. The summed E-state index contributed by atoms with van der Waals surface area (Å²) in [6.45, 7) is 0.186. The number of nitrogens with zero attached hydrogens (tertiary/aromatic N) is 1. The van der Waals surface area contributed by atoms with Crippen molar-refractivity contribution in [1.82, 2.24) is 5.43 Å². The van der Waals surface area contributed by atoms with Gasteiger partial charge in [0.1, 0.15) is 5.71 Å². The third kappa shape index (κ3) is 2.35. The van der Waals surface area contributed by atoms with Crippen LogP contribution in [0.15, 0.2) is 23.3 Å². The molecule has 2 aliphatic rings. The third-order valence-corrected chi connectivity index (χ3v) is 2.80. The smallest absolute Gasteiger partial charge is 0.271 e. The van der Waals surface area contributed by atoms with E-state index < -0.39 is 0 Å². The predicted molar refractivity (Wildman–Crippen MR) is 66.0 cm³/mol. The molecule has 7 heteroatoms. The van der Waals surface area contributed by atoms with Crippen molar-refractivity contribution in [2.75, 3.05) is 12.1 Å². The van der Waals surface area contributed by atoms with Gasteiger partial charge in [-0.2, -0.15) is 5.10 Å². The summed E-state index contributed by atoms with van der Waals surface area (Å²) in [5.41, 5.74) is 3.18. The second kappa shape index (κ2) is 4.60. The Morgan fingerprint density at radius 3 is 2.89 bits per heavy atom. The van der Waals surface area contributed by atoms with Crippen molar-refractivity contribution >= 4 is 23.2 Å². The molecule has 3 rings (SSSR count). The van der Waals surface area contributed by atoms with E-state index in [0.717, 1.165) is 0 Å². The van der Waals surface area contributed by atoms with Crippen LogP contribution in [0.1, 0.15) is 12.8 Å². The first-order valence-corrected chi connectivity index (χ1v) is 5.79. The first-order valence-electron chi connectivity index (χ1n) is 5.79. The lowest BCUT2D eigenvalue weighted by molar-refractivity contribution is -0.121. The van der Waals surface area contributed by atoms with E-state index in [1.165, 1.54) is 0 Å². The topological polar surface area (TPSA) is 89.0 Å². The predicted octanol–water partition coefficient (Wildman–Crippen LogP) is 0.620. The fourth-order valence-corrected chi connectivity index (χ4v) is 1.82. The molecule has 19 heavy (non-hydrogen) atoms. The Bertz CT molecular complexity index is 582. The highest BCUT2D eigenvalue weighted by Crippen LogP contribution is 2.34. The Morgan fingerprint density at radius 1 is 1.26 bits per heavy atom. The van der Waals surface area contributed by atoms with Crippen molar-refractivity contribution in [3.05, 3.63) is 18.2 Å². The van der Waals surface area contributed by atoms with Gasteiger partial charge in [-0.3, -0.25) is 9.59 Å². The Hall–Kier alpha value is -2.57. The summed E-state index contributed by atoms with van der Waals surface area (Å²) in [4.78, 5) is 22.8. The maximum Gasteiger partial charge on any atom is 0.271 e. The minimum Gasteiger partial charge on any atom is -0.454 e. The molecule has 0 radical (unpaired) electrons. The number of nitrogens with one attached hydrogen (secondary N) is 2. The molecule has 0 spiro atoms. The number of ether oxygens (including phenoxy) is 2. The fourth-order valence-electron chi connectivity index (χ4n) is 1.82. The Balaban J connectivity index is 1.71. The SMILES string of the molecule is O=C1CCC(C(=O)Nc2ccc3c(c2)OCO3)=NN1. The van der Waals surface area contributed by atoms with Crippen LogP contribution in [-0.2, 0) is 9.59 Å². The summed E-state index contributed by atoms with van der Waals surface area (Å²) >= 11 is 0. The molecule has 7 nitrogen and oxygen atoms in total. The number of carbonyl (C=O) groups excluding carboxylic acids is 2. The lowest BCUT2D eigenvalue weighted by Gasteiger charge is -2.12. The molecule has 2 amide bonds. The van der Waals surface area contributed by atoms with Gasteiger partial charge < -0.3 is 14.8 Å². The van der Waals surface area contributed by atoms with Gasteiger partial charge in [-0.25, -0.2) is 5.43 Å². The van der Waals surface area contributed by atoms with Crippen molar-refractivity contribution in [2.45, 2.75) is 12.8 Å². The van der Waals surface area contributed by atoms with Crippen LogP contribution in [0.5, 0.6) is 11.5 Å². The Morgan fingerprint density at radius 2 is 2.11 bits per heavy atom. The van der Waals surface area contributed by atoms with Crippen LogP contribution in [0.2, 0.25) is 0 Å². The lowest BCUT2D eigenvalue weighted by atomic mass is 10.1. The molecule has 0 aromatic heterocycles. The maximum absolute atomic E-state index is 11.9. The van der Waals surface area contributed by atoms with Gasteiger partial charge in [-0.15, -0.1) is 0 Å². The van der Waals surface area contributed by atoms with Gasteiger partial charge >= 0.3 is 0 Å². The normalized spacial score (nSPS) is 16.6. The second-order valence-electron chi connectivity index (χ2n) is 4.12. The van der Waals surface area contributed by atoms with E-state index in [0.29, 0.717) is 29.3 Å². The quantitative estimate of drug-likeness (QED) is 0.816. The number of hydrogen-bond acceptors (Lipinski definition) is 5. The number of rotatable bonds is 2. The highest BCUT2D eigenvalue weighted by atomic mass is 16.7. The Labute approximate surface area is 108 Å². The van der Waals surface area contributed by atoms with E-state index in [-0.39, 0.29) is 25.0 Å². The van der Waals surface area contributed by atoms with Gasteiger partial charge in [0, 0.05) is 24.6 Å². The zero-order valence-electron chi connectivity index (χ0n) is 9.93. The highest BCUT2D eigenvalue weighted by molar-refractivity contribution is 6.43. The molecule has 0 fully saturated rings. The summed E-state index contributed by atoms with van der Waals surface area (Å²) in [5.74, 6) is 0.732. The van der Waals surface area contributed by atoms with Crippen LogP contribution < -0.4 is 20.2 Å². The summed E-state index contributed by atoms with van der Waals surface area (Å²) < 4.78 is 10.4. The molecule has 2 aliphatic heterocycles. The van der Waals surface area contributed by atoms with Crippen LogP contribution in [-0.4, -0.2) is 24.3 Å². The van der Waals surface area contributed by atoms with E-state index in [9.17, 15) is 9.59 Å². The molecule has 98 valence electrons. The van der Waals surface area contributed by atoms with Crippen molar-refractivity contribution in [2.24, 2.45) is 5.10 Å². The Kier molecular flexibility index (Phi) is 2.79. The summed E-state index contributed by atoms with van der Waals surface area (Å²) in [6.07, 6.45) is 0.607. The lowest BCUT2D eigenvalue weighted by Crippen LogP contribution is -2.32. The summed E-state index contributed by atoms with van der Waals surface area (Å²) in [5, 5.41) is 6.43. The van der Waals surface area contributed by atoms with Crippen LogP contribution in [0.25, 0.3) is 0 Å². The standard InChI is InChI=1S/C12H11N3O4/c16-11-4-2-8(14-15-11)12(17)13-7-1-3-9-10(5-7)19-6-18-9/h1,3,5H,2,4,6H2,(H,13,17)(H,15,16). The van der Waals surface area contributed by atoms with E-state index in [2.05, 4.69) is 15.8 Å². The first-order chi connectivity index (χ1) is 9.22. The van der Waals surface area contributed by atoms with Gasteiger partial charge in [-0.05, 0) is 12.1 Å². The molecular weight excluding hydrogens is 250 g/mol. The average molecular weight is 261 g/mol. The highest BCUT2D eigenvalue weighted by Gasteiger charge is 2.19. The van der Waals surface area contributed by atoms with Gasteiger partial charge in [0.05, 0.1) is 0 Å². The first kappa shape index (κ1) is 11.5. The number of carbonyl (C=O) groups is 2. The molecule has 0 bridgehead atoms. The summed E-state index contributed by atoms with van der Waals surface area (Å²) in [6, 6.07) is 5.12.